The van der Waals surface area contributed by atoms with Crippen molar-refractivity contribution in [2.24, 2.45) is 0 Å². The Morgan fingerprint density at radius 2 is 1.73 bits per heavy atom. The third kappa shape index (κ3) is 4.40. The molecule has 0 spiro atoms. The van der Waals surface area contributed by atoms with Gasteiger partial charge >= 0.3 is 0 Å². The minimum absolute atomic E-state index is 0.0681. The monoisotopic (exact) mass is 399 g/mol. The lowest BCUT2D eigenvalue weighted by molar-refractivity contribution is -0.128. The minimum Gasteiger partial charge on any atom is -0.481 e. The Bertz CT molecular complexity index is 1040. The lowest BCUT2D eigenvalue weighted by atomic mass is 9.87. The first kappa shape index (κ1) is 20.2. The van der Waals surface area contributed by atoms with Gasteiger partial charge in [0.05, 0.1) is 6.04 Å². The van der Waals surface area contributed by atoms with Gasteiger partial charge in [-0.3, -0.25) is 4.79 Å². The molecule has 0 heterocycles. The first-order chi connectivity index (χ1) is 14.5. The zero-order valence-corrected chi connectivity index (χ0v) is 17.9. The predicted octanol–water partition coefficient (Wildman–Crippen LogP) is 5.93. The number of ether oxygens (including phenoxy) is 1. The molecule has 3 nitrogen and oxygen atoms in total. The Kier molecular flexibility index (Phi) is 5.89. The van der Waals surface area contributed by atoms with E-state index >= 15 is 0 Å². The molecular formula is C27H29NO2. The number of benzene rings is 3. The molecule has 30 heavy (non-hydrogen) atoms. The molecule has 0 aromatic heterocycles. The summed E-state index contributed by atoms with van der Waals surface area (Å²) in [6.45, 7) is 5.93. The maximum atomic E-state index is 12.8. The van der Waals surface area contributed by atoms with Crippen LogP contribution < -0.4 is 10.1 Å². The molecule has 1 amide bonds. The first-order valence-corrected chi connectivity index (χ1v) is 10.7. The molecule has 0 saturated heterocycles. The molecule has 1 aliphatic carbocycles. The van der Waals surface area contributed by atoms with Crippen LogP contribution in [0.2, 0.25) is 0 Å². The van der Waals surface area contributed by atoms with Crippen LogP contribution in [0.1, 0.15) is 48.1 Å². The number of hydrogen-bond acceptors (Lipinski definition) is 2. The number of carbonyl (C=O) groups excluding carboxylic acids is 1. The number of fused-ring (bicyclic) bond motifs is 1. The second-order valence-electron chi connectivity index (χ2n) is 8.26. The molecule has 154 valence electrons. The van der Waals surface area contributed by atoms with Gasteiger partial charge in [-0.05, 0) is 80.0 Å². The van der Waals surface area contributed by atoms with Crippen LogP contribution in [0.25, 0.3) is 11.1 Å². The van der Waals surface area contributed by atoms with Crippen molar-refractivity contribution in [2.75, 3.05) is 0 Å². The summed E-state index contributed by atoms with van der Waals surface area (Å²) >= 11 is 0. The molecule has 3 aromatic rings. The van der Waals surface area contributed by atoms with E-state index in [1.807, 2.05) is 26.0 Å². The summed E-state index contributed by atoms with van der Waals surface area (Å²) in [4.78, 5) is 12.8. The summed E-state index contributed by atoms with van der Waals surface area (Å²) in [5.74, 6) is 0.677. The number of hydrogen-bond donors (Lipinski definition) is 1. The van der Waals surface area contributed by atoms with Gasteiger partial charge in [0, 0.05) is 0 Å². The average molecular weight is 400 g/mol. The van der Waals surface area contributed by atoms with Gasteiger partial charge in [-0.2, -0.15) is 0 Å². The fraction of sp³-hybridized carbons (Fsp3) is 0.296. The van der Waals surface area contributed by atoms with Crippen molar-refractivity contribution in [3.63, 3.8) is 0 Å². The average Bonchev–Trinajstić information content (AvgIpc) is 2.76. The third-order valence-corrected chi connectivity index (χ3v) is 5.92. The molecule has 0 bridgehead atoms. The van der Waals surface area contributed by atoms with Crippen LogP contribution in [-0.2, 0) is 11.2 Å². The summed E-state index contributed by atoms with van der Waals surface area (Å²) in [6, 6.07) is 23.1. The molecule has 1 N–H and O–H groups in total. The van der Waals surface area contributed by atoms with Crippen LogP contribution in [-0.4, -0.2) is 12.0 Å². The highest BCUT2D eigenvalue weighted by atomic mass is 16.5. The van der Waals surface area contributed by atoms with E-state index in [9.17, 15) is 4.79 Å². The van der Waals surface area contributed by atoms with Gasteiger partial charge in [0.1, 0.15) is 5.75 Å². The van der Waals surface area contributed by atoms with Crippen LogP contribution in [0, 0.1) is 13.8 Å². The molecule has 2 atom stereocenters. The molecule has 0 unspecified atom stereocenters. The van der Waals surface area contributed by atoms with E-state index in [1.54, 1.807) is 0 Å². The highest BCUT2D eigenvalue weighted by molar-refractivity contribution is 5.81. The summed E-state index contributed by atoms with van der Waals surface area (Å²) < 4.78 is 6.03. The summed E-state index contributed by atoms with van der Waals surface area (Å²) in [5, 5.41) is 3.19. The smallest absolute Gasteiger partial charge is 0.261 e. The van der Waals surface area contributed by atoms with Gasteiger partial charge in [-0.25, -0.2) is 0 Å². The molecule has 1 aliphatic rings. The van der Waals surface area contributed by atoms with Crippen molar-refractivity contribution < 1.29 is 9.53 Å². The summed E-state index contributed by atoms with van der Waals surface area (Å²) in [7, 11) is 0. The Morgan fingerprint density at radius 1 is 1.00 bits per heavy atom. The van der Waals surface area contributed by atoms with Crippen LogP contribution >= 0.6 is 0 Å². The second kappa shape index (κ2) is 8.74. The quantitative estimate of drug-likeness (QED) is 0.577. The van der Waals surface area contributed by atoms with Gasteiger partial charge in [0.15, 0.2) is 6.10 Å². The maximum absolute atomic E-state index is 12.8. The van der Waals surface area contributed by atoms with Gasteiger partial charge in [0.25, 0.3) is 5.91 Å². The van der Waals surface area contributed by atoms with E-state index in [0.717, 1.165) is 36.1 Å². The predicted molar refractivity (Wildman–Crippen MR) is 122 cm³/mol. The van der Waals surface area contributed by atoms with E-state index in [2.05, 4.69) is 66.8 Å². The van der Waals surface area contributed by atoms with E-state index in [4.69, 9.17) is 4.74 Å². The zero-order chi connectivity index (χ0) is 21.1. The lowest BCUT2D eigenvalue weighted by Crippen LogP contribution is -2.39. The van der Waals surface area contributed by atoms with E-state index < -0.39 is 6.10 Å². The van der Waals surface area contributed by atoms with Crippen LogP contribution in [0.4, 0.5) is 0 Å². The van der Waals surface area contributed by atoms with Crippen LogP contribution in [0.5, 0.6) is 5.75 Å². The van der Waals surface area contributed by atoms with Crippen molar-refractivity contribution in [3.05, 3.63) is 89.0 Å². The van der Waals surface area contributed by atoms with Crippen molar-refractivity contribution >= 4 is 5.91 Å². The lowest BCUT2D eigenvalue weighted by Gasteiger charge is -2.27. The van der Waals surface area contributed by atoms with Crippen molar-refractivity contribution in [2.45, 2.75) is 52.2 Å². The van der Waals surface area contributed by atoms with Gasteiger partial charge in [0.2, 0.25) is 0 Å². The normalized spacial score (nSPS) is 16.4. The van der Waals surface area contributed by atoms with E-state index in [-0.39, 0.29) is 11.9 Å². The van der Waals surface area contributed by atoms with Gasteiger partial charge < -0.3 is 10.1 Å². The Labute approximate surface area is 179 Å². The highest BCUT2D eigenvalue weighted by Crippen LogP contribution is 2.30. The number of rotatable bonds is 5. The van der Waals surface area contributed by atoms with Crippen molar-refractivity contribution in [1.82, 2.24) is 5.32 Å². The number of nitrogens with one attached hydrogen (secondary N) is 1. The third-order valence-electron chi connectivity index (χ3n) is 5.92. The SMILES string of the molecule is Cc1ccc(-c2ccc(O[C@H](C)C(=O)N[C@H]3CCCc4ccccc43)c(C)c2)cc1. The highest BCUT2D eigenvalue weighted by Gasteiger charge is 2.24. The molecule has 3 heteroatoms. The molecule has 0 aliphatic heterocycles. The molecule has 4 rings (SSSR count). The Morgan fingerprint density at radius 3 is 2.50 bits per heavy atom. The topological polar surface area (TPSA) is 38.3 Å². The van der Waals surface area contributed by atoms with Crippen LogP contribution in [0.15, 0.2) is 66.7 Å². The Balaban J connectivity index is 1.43. The van der Waals surface area contributed by atoms with E-state index in [0.29, 0.717) is 0 Å². The largest absolute Gasteiger partial charge is 0.481 e. The number of aryl methyl sites for hydroxylation is 3. The van der Waals surface area contributed by atoms with Crippen LogP contribution in [0.3, 0.4) is 0 Å². The molecular weight excluding hydrogens is 370 g/mol. The number of amides is 1. The second-order valence-corrected chi connectivity index (χ2v) is 8.26. The molecule has 0 saturated carbocycles. The Hall–Kier alpha value is -3.07. The van der Waals surface area contributed by atoms with Gasteiger partial charge in [-0.1, -0.05) is 60.2 Å². The molecule has 0 fully saturated rings. The first-order valence-electron chi connectivity index (χ1n) is 10.7. The fourth-order valence-corrected chi connectivity index (χ4v) is 4.14. The summed E-state index contributed by atoms with van der Waals surface area (Å²) in [5.41, 5.74) is 7.17. The van der Waals surface area contributed by atoms with E-state index in [1.165, 1.54) is 22.3 Å². The fourth-order valence-electron chi connectivity index (χ4n) is 4.14. The standard InChI is InChI=1S/C27H29NO2/c1-18-11-13-21(14-12-18)23-15-16-26(19(2)17-23)30-20(3)27(29)28-25-10-6-8-22-7-4-5-9-24(22)25/h4-5,7,9,11-17,20,25H,6,8,10H2,1-3H3,(H,28,29)/t20-,25+/m1/s1. The number of carbonyl (C=O) groups is 1. The molecule has 3 aromatic carbocycles. The zero-order valence-electron chi connectivity index (χ0n) is 17.9. The minimum atomic E-state index is -0.553. The van der Waals surface area contributed by atoms with Crippen molar-refractivity contribution in [1.29, 1.82) is 0 Å². The molecule has 0 radical (unpaired) electrons. The summed E-state index contributed by atoms with van der Waals surface area (Å²) in [6.07, 6.45) is 2.60. The van der Waals surface area contributed by atoms with Crippen molar-refractivity contribution in [3.8, 4) is 16.9 Å². The maximum Gasteiger partial charge on any atom is 0.261 e. The van der Waals surface area contributed by atoms with Gasteiger partial charge in [-0.15, -0.1) is 0 Å².